The first-order valence-corrected chi connectivity index (χ1v) is 11.6. The molecule has 1 heterocycles. The van der Waals surface area contributed by atoms with Gasteiger partial charge in [-0.15, -0.1) is 0 Å². The van der Waals surface area contributed by atoms with Crippen molar-refractivity contribution in [3.05, 3.63) is 63.9 Å². The first-order valence-electron chi connectivity index (χ1n) is 10.6. The van der Waals surface area contributed by atoms with Gasteiger partial charge in [-0.3, -0.25) is 19.0 Å². The number of anilines is 1. The Balaban J connectivity index is 1.42. The van der Waals surface area contributed by atoms with Gasteiger partial charge < -0.3 is 10.2 Å². The third-order valence-corrected chi connectivity index (χ3v) is 6.50. The summed E-state index contributed by atoms with van der Waals surface area (Å²) in [6, 6.07) is 13.2. The molecule has 1 aliphatic carbocycles. The maximum absolute atomic E-state index is 12.9. The van der Waals surface area contributed by atoms with Crippen molar-refractivity contribution in [1.29, 1.82) is 0 Å². The molecule has 1 N–H and O–H groups in total. The molecular weight excluding hydrogens is 424 g/mol. The van der Waals surface area contributed by atoms with Gasteiger partial charge in [-0.2, -0.15) is 0 Å². The van der Waals surface area contributed by atoms with Crippen LogP contribution in [-0.4, -0.2) is 45.6 Å². The minimum atomic E-state index is -0.248. The lowest BCUT2D eigenvalue weighted by atomic mass is 10.1. The summed E-state index contributed by atoms with van der Waals surface area (Å²) < 4.78 is 1.72. The van der Waals surface area contributed by atoms with Crippen molar-refractivity contribution in [3.63, 3.8) is 0 Å². The molecule has 32 heavy (non-hydrogen) atoms. The number of hydrogen-bond acceptors (Lipinski definition) is 5. The zero-order chi connectivity index (χ0) is 22.8. The van der Waals surface area contributed by atoms with Gasteiger partial charge in [-0.1, -0.05) is 42.1 Å². The number of rotatable bonds is 7. The van der Waals surface area contributed by atoms with Crippen LogP contribution in [0.2, 0.25) is 0 Å². The van der Waals surface area contributed by atoms with E-state index in [9.17, 15) is 14.4 Å². The molecule has 0 bridgehead atoms. The van der Waals surface area contributed by atoms with Crippen LogP contribution >= 0.6 is 11.8 Å². The van der Waals surface area contributed by atoms with Crippen LogP contribution in [0.4, 0.5) is 5.69 Å². The van der Waals surface area contributed by atoms with Crippen LogP contribution in [0.3, 0.4) is 0 Å². The fourth-order valence-electron chi connectivity index (χ4n) is 3.61. The van der Waals surface area contributed by atoms with Crippen molar-refractivity contribution >= 4 is 40.2 Å². The number of aryl methyl sites for hydroxylation is 2. The second kappa shape index (κ2) is 9.16. The van der Waals surface area contributed by atoms with Gasteiger partial charge in [0.2, 0.25) is 11.8 Å². The van der Waals surface area contributed by atoms with Gasteiger partial charge in [-0.05, 0) is 49.9 Å². The normalized spacial score (nSPS) is 13.2. The van der Waals surface area contributed by atoms with Crippen molar-refractivity contribution < 1.29 is 9.59 Å². The highest BCUT2D eigenvalue weighted by Crippen LogP contribution is 2.36. The SMILES string of the molecule is Cc1cccc(C)c1NC(=O)CN(C)C(=O)CSc1nc2ccccc2c(=O)n1C1CC1. The van der Waals surface area contributed by atoms with Gasteiger partial charge in [-0.25, -0.2) is 4.98 Å². The number of nitrogens with zero attached hydrogens (tertiary/aromatic N) is 3. The molecule has 3 aromatic rings. The average Bonchev–Trinajstić information content (AvgIpc) is 3.60. The van der Waals surface area contributed by atoms with Crippen molar-refractivity contribution in [3.8, 4) is 0 Å². The summed E-state index contributed by atoms with van der Waals surface area (Å²) in [4.78, 5) is 44.2. The molecule has 0 aliphatic heterocycles. The largest absolute Gasteiger partial charge is 0.336 e. The van der Waals surface area contributed by atoms with E-state index < -0.39 is 0 Å². The predicted octanol–water partition coefficient (Wildman–Crippen LogP) is 3.54. The minimum Gasteiger partial charge on any atom is -0.336 e. The summed E-state index contributed by atoms with van der Waals surface area (Å²) in [7, 11) is 1.61. The Bertz CT molecular complexity index is 1230. The molecular formula is C24H26N4O3S. The molecule has 1 aromatic heterocycles. The van der Waals surface area contributed by atoms with Crippen molar-refractivity contribution in [2.24, 2.45) is 0 Å². The standard InChI is InChI=1S/C24H26N4O3S/c1-15-7-6-8-16(2)22(15)26-20(29)13-27(3)21(30)14-32-24-25-19-10-5-4-9-18(19)23(31)28(24)17-11-12-17/h4-10,17H,11-14H2,1-3H3,(H,26,29). The fraction of sp³-hybridized carbons (Fsp3) is 0.333. The molecule has 0 unspecified atom stereocenters. The lowest BCUT2D eigenvalue weighted by Gasteiger charge is -2.18. The third-order valence-electron chi connectivity index (χ3n) is 5.56. The first-order chi connectivity index (χ1) is 15.3. The van der Waals surface area contributed by atoms with Gasteiger partial charge in [0.25, 0.3) is 5.56 Å². The number of para-hydroxylation sites is 2. The monoisotopic (exact) mass is 450 g/mol. The highest BCUT2D eigenvalue weighted by molar-refractivity contribution is 7.99. The van der Waals surface area contributed by atoms with Crippen LogP contribution in [0.25, 0.3) is 10.9 Å². The van der Waals surface area contributed by atoms with Crippen LogP contribution in [-0.2, 0) is 9.59 Å². The molecule has 0 radical (unpaired) electrons. The first kappa shape index (κ1) is 22.1. The van der Waals surface area contributed by atoms with E-state index in [2.05, 4.69) is 10.3 Å². The van der Waals surface area contributed by atoms with Crippen LogP contribution in [0.15, 0.2) is 52.4 Å². The van der Waals surface area contributed by atoms with Gasteiger partial charge in [0.05, 0.1) is 23.2 Å². The molecule has 1 fully saturated rings. The molecule has 1 saturated carbocycles. The van der Waals surface area contributed by atoms with Gasteiger partial charge >= 0.3 is 0 Å². The number of hydrogen-bond donors (Lipinski definition) is 1. The van der Waals surface area contributed by atoms with Crippen molar-refractivity contribution in [2.45, 2.75) is 37.9 Å². The Morgan fingerprint density at radius 2 is 1.81 bits per heavy atom. The molecule has 4 rings (SSSR count). The fourth-order valence-corrected chi connectivity index (χ4v) is 4.62. The van der Waals surface area contributed by atoms with E-state index in [1.54, 1.807) is 17.7 Å². The van der Waals surface area contributed by atoms with E-state index in [0.29, 0.717) is 16.1 Å². The number of benzene rings is 2. The minimum absolute atomic E-state index is 0.0479. The maximum atomic E-state index is 12.9. The smallest absolute Gasteiger partial charge is 0.262 e. The number of nitrogens with one attached hydrogen (secondary N) is 1. The number of carbonyl (C=O) groups is 2. The summed E-state index contributed by atoms with van der Waals surface area (Å²) in [5.74, 6) is -0.344. The molecule has 8 heteroatoms. The third kappa shape index (κ3) is 4.70. The Morgan fingerprint density at radius 3 is 2.50 bits per heavy atom. The lowest BCUT2D eigenvalue weighted by molar-refractivity contribution is -0.131. The second-order valence-corrected chi connectivity index (χ2v) is 9.11. The summed E-state index contributed by atoms with van der Waals surface area (Å²) in [6.07, 6.45) is 1.89. The Morgan fingerprint density at radius 1 is 1.12 bits per heavy atom. The quantitative estimate of drug-likeness (QED) is 0.440. The second-order valence-electron chi connectivity index (χ2n) is 8.17. The molecule has 0 spiro atoms. The van der Waals surface area contributed by atoms with E-state index in [1.807, 2.05) is 50.2 Å². The van der Waals surface area contributed by atoms with E-state index >= 15 is 0 Å². The summed E-state index contributed by atoms with van der Waals surface area (Å²) in [5.41, 5.74) is 3.30. The number of likely N-dealkylation sites (N-methyl/N-ethyl adjacent to an activating group) is 1. The summed E-state index contributed by atoms with van der Waals surface area (Å²) in [6.45, 7) is 3.82. The Hall–Kier alpha value is -3.13. The highest BCUT2D eigenvalue weighted by atomic mass is 32.2. The Labute approximate surface area is 190 Å². The van der Waals surface area contributed by atoms with E-state index in [0.717, 1.165) is 29.7 Å². The molecule has 1 aliphatic rings. The molecule has 2 aromatic carbocycles. The summed E-state index contributed by atoms with van der Waals surface area (Å²) in [5, 5.41) is 4.05. The number of aromatic nitrogens is 2. The molecule has 7 nitrogen and oxygen atoms in total. The van der Waals surface area contributed by atoms with Crippen LogP contribution in [0.1, 0.15) is 30.0 Å². The molecule has 0 saturated heterocycles. The number of amides is 2. The zero-order valence-corrected chi connectivity index (χ0v) is 19.2. The molecule has 2 amide bonds. The van der Waals surface area contributed by atoms with Crippen LogP contribution < -0.4 is 10.9 Å². The van der Waals surface area contributed by atoms with E-state index in [-0.39, 0.29) is 35.7 Å². The van der Waals surface area contributed by atoms with E-state index in [1.165, 1.54) is 16.7 Å². The molecule has 0 atom stereocenters. The summed E-state index contributed by atoms with van der Waals surface area (Å²) >= 11 is 1.25. The zero-order valence-electron chi connectivity index (χ0n) is 18.4. The average molecular weight is 451 g/mol. The number of carbonyl (C=O) groups excluding carboxylic acids is 2. The van der Waals surface area contributed by atoms with E-state index in [4.69, 9.17) is 0 Å². The van der Waals surface area contributed by atoms with Crippen molar-refractivity contribution in [2.75, 3.05) is 24.7 Å². The predicted molar refractivity (Wildman–Crippen MR) is 127 cm³/mol. The number of fused-ring (bicyclic) bond motifs is 1. The number of thioether (sulfide) groups is 1. The lowest BCUT2D eigenvalue weighted by Crippen LogP contribution is -2.36. The molecule has 166 valence electrons. The van der Waals surface area contributed by atoms with Crippen LogP contribution in [0.5, 0.6) is 0 Å². The Kier molecular flexibility index (Phi) is 6.32. The topological polar surface area (TPSA) is 84.3 Å². The highest BCUT2D eigenvalue weighted by Gasteiger charge is 2.29. The van der Waals surface area contributed by atoms with Gasteiger partial charge in [0, 0.05) is 18.8 Å². The van der Waals surface area contributed by atoms with Crippen LogP contribution in [0, 0.1) is 13.8 Å². The van der Waals surface area contributed by atoms with Crippen molar-refractivity contribution in [1.82, 2.24) is 14.5 Å². The maximum Gasteiger partial charge on any atom is 0.262 e. The van der Waals surface area contributed by atoms with Gasteiger partial charge in [0.1, 0.15) is 0 Å². The van der Waals surface area contributed by atoms with Gasteiger partial charge in [0.15, 0.2) is 5.16 Å².